The molecule has 0 bridgehead atoms. The summed E-state index contributed by atoms with van der Waals surface area (Å²) in [5.41, 5.74) is 4.65. The lowest BCUT2D eigenvalue weighted by Gasteiger charge is -2.31. The van der Waals surface area contributed by atoms with Crippen molar-refractivity contribution in [2.24, 2.45) is 0 Å². The number of nitrogens with one attached hydrogen (secondary N) is 3. The molecule has 8 nitrogen and oxygen atoms in total. The summed E-state index contributed by atoms with van der Waals surface area (Å²) in [6.07, 6.45) is 9.20. The SMILES string of the molecule is Cc1ccc(S(=O)(=O)N[C@H](CNC2CCC(Nc3nc4c(c(N(C)C)n3)CCCC4)CC2)Cc2ccccc2)cc1. The fourth-order valence-electron chi connectivity index (χ4n) is 6.00. The van der Waals surface area contributed by atoms with Crippen LogP contribution in [0, 0.1) is 6.92 Å². The molecule has 1 aromatic heterocycles. The molecule has 3 aromatic rings. The van der Waals surface area contributed by atoms with Crippen molar-refractivity contribution in [1.29, 1.82) is 0 Å². The molecule has 2 aliphatic rings. The van der Waals surface area contributed by atoms with Crippen LogP contribution in [0.15, 0.2) is 59.5 Å². The molecule has 41 heavy (non-hydrogen) atoms. The number of aryl methyl sites for hydroxylation is 2. The van der Waals surface area contributed by atoms with Gasteiger partial charge in [0.1, 0.15) is 5.82 Å². The molecular weight excluding hydrogens is 532 g/mol. The van der Waals surface area contributed by atoms with E-state index >= 15 is 0 Å². The number of sulfonamides is 1. The minimum Gasteiger partial charge on any atom is -0.362 e. The van der Waals surface area contributed by atoms with Gasteiger partial charge in [-0.3, -0.25) is 0 Å². The summed E-state index contributed by atoms with van der Waals surface area (Å²) in [5, 5.41) is 7.31. The molecule has 2 aromatic carbocycles. The molecule has 0 amide bonds. The highest BCUT2D eigenvalue weighted by Gasteiger charge is 2.26. The van der Waals surface area contributed by atoms with Crippen LogP contribution in [-0.2, 0) is 29.3 Å². The number of nitrogens with zero attached hydrogens (tertiary/aromatic N) is 3. The molecule has 220 valence electrons. The fourth-order valence-corrected chi connectivity index (χ4v) is 7.24. The molecule has 1 heterocycles. The first-order valence-electron chi connectivity index (χ1n) is 15.0. The molecule has 2 aliphatic carbocycles. The molecule has 3 N–H and O–H groups in total. The van der Waals surface area contributed by atoms with Crippen molar-refractivity contribution >= 4 is 21.8 Å². The zero-order valence-electron chi connectivity index (χ0n) is 24.6. The summed E-state index contributed by atoms with van der Waals surface area (Å²) < 4.78 is 29.4. The van der Waals surface area contributed by atoms with E-state index in [1.54, 1.807) is 12.1 Å². The van der Waals surface area contributed by atoms with Crippen LogP contribution in [0.3, 0.4) is 0 Å². The van der Waals surface area contributed by atoms with Crippen molar-refractivity contribution < 1.29 is 8.42 Å². The minimum atomic E-state index is -3.63. The largest absolute Gasteiger partial charge is 0.362 e. The van der Waals surface area contributed by atoms with Gasteiger partial charge in [0.05, 0.1) is 10.6 Å². The predicted octanol–water partition coefficient (Wildman–Crippen LogP) is 4.63. The van der Waals surface area contributed by atoms with E-state index in [1.807, 2.05) is 37.3 Å². The van der Waals surface area contributed by atoms with Gasteiger partial charge in [-0.2, -0.15) is 4.98 Å². The van der Waals surface area contributed by atoms with Gasteiger partial charge in [-0.1, -0.05) is 48.0 Å². The van der Waals surface area contributed by atoms with E-state index in [0.29, 0.717) is 29.9 Å². The highest BCUT2D eigenvalue weighted by Crippen LogP contribution is 2.29. The number of aromatic nitrogens is 2. The zero-order chi connectivity index (χ0) is 28.8. The Bertz CT molecular complexity index is 1390. The third-order valence-electron chi connectivity index (χ3n) is 8.28. The van der Waals surface area contributed by atoms with Gasteiger partial charge in [0.15, 0.2) is 0 Å². The molecule has 1 atom stereocenters. The maximum atomic E-state index is 13.2. The maximum Gasteiger partial charge on any atom is 0.240 e. The van der Waals surface area contributed by atoms with E-state index in [1.165, 1.54) is 24.1 Å². The fraction of sp³-hybridized carbons (Fsp3) is 0.500. The van der Waals surface area contributed by atoms with Gasteiger partial charge in [0.25, 0.3) is 0 Å². The van der Waals surface area contributed by atoms with Crippen LogP contribution in [0.4, 0.5) is 11.8 Å². The number of hydrogen-bond donors (Lipinski definition) is 3. The van der Waals surface area contributed by atoms with Gasteiger partial charge in [0.2, 0.25) is 16.0 Å². The quantitative estimate of drug-likeness (QED) is 0.306. The highest BCUT2D eigenvalue weighted by molar-refractivity contribution is 7.89. The van der Waals surface area contributed by atoms with Crippen molar-refractivity contribution in [3.8, 4) is 0 Å². The van der Waals surface area contributed by atoms with Crippen molar-refractivity contribution in [2.45, 2.75) is 87.7 Å². The van der Waals surface area contributed by atoms with E-state index in [2.05, 4.69) is 46.5 Å². The standard InChI is InChI=1S/C32H44N6O2S/c1-23-13-19-28(20-14-23)41(39,40)37-27(21-24-9-5-4-6-10-24)22-33-25-15-17-26(18-16-25)34-32-35-30-12-8-7-11-29(30)31(36-32)38(2)3/h4-6,9-10,13-14,19-20,25-27,33,37H,7-8,11-12,15-18,21-22H2,1-3H3,(H,34,35,36)/t25?,26?,27-/m0/s1. The van der Waals surface area contributed by atoms with Crippen LogP contribution in [-0.4, -0.2) is 57.2 Å². The van der Waals surface area contributed by atoms with E-state index in [4.69, 9.17) is 9.97 Å². The summed E-state index contributed by atoms with van der Waals surface area (Å²) in [6.45, 7) is 2.53. The van der Waals surface area contributed by atoms with E-state index in [9.17, 15) is 8.42 Å². The van der Waals surface area contributed by atoms with Crippen LogP contribution >= 0.6 is 0 Å². The monoisotopic (exact) mass is 576 g/mol. The minimum absolute atomic E-state index is 0.257. The molecule has 0 radical (unpaired) electrons. The smallest absolute Gasteiger partial charge is 0.240 e. The van der Waals surface area contributed by atoms with E-state index < -0.39 is 10.0 Å². The molecular formula is C32H44N6O2S. The van der Waals surface area contributed by atoms with Gasteiger partial charge in [-0.05, 0) is 82.4 Å². The normalized spacial score (nSPS) is 19.8. The summed E-state index contributed by atoms with van der Waals surface area (Å²) in [6, 6.07) is 17.5. The van der Waals surface area contributed by atoms with Crippen molar-refractivity contribution in [3.63, 3.8) is 0 Å². The van der Waals surface area contributed by atoms with Crippen molar-refractivity contribution in [2.75, 3.05) is 30.9 Å². The summed E-state index contributed by atoms with van der Waals surface area (Å²) in [7, 11) is 0.492. The average molecular weight is 577 g/mol. The van der Waals surface area contributed by atoms with Crippen LogP contribution in [0.2, 0.25) is 0 Å². The molecule has 1 fully saturated rings. The van der Waals surface area contributed by atoms with E-state index in [0.717, 1.165) is 61.4 Å². The van der Waals surface area contributed by atoms with Gasteiger partial charge in [-0.25, -0.2) is 18.1 Å². The lowest BCUT2D eigenvalue weighted by molar-refractivity contribution is 0.342. The lowest BCUT2D eigenvalue weighted by Crippen LogP contribution is -2.47. The first-order valence-corrected chi connectivity index (χ1v) is 16.4. The lowest BCUT2D eigenvalue weighted by atomic mass is 9.91. The Morgan fingerprint density at radius 1 is 0.902 bits per heavy atom. The summed E-state index contributed by atoms with van der Waals surface area (Å²) >= 11 is 0. The van der Waals surface area contributed by atoms with Crippen LogP contribution < -0.4 is 20.3 Å². The Hall–Kier alpha value is -3.01. The topological polar surface area (TPSA) is 99.2 Å². The summed E-state index contributed by atoms with van der Waals surface area (Å²) in [5.74, 6) is 1.80. The Morgan fingerprint density at radius 2 is 1.59 bits per heavy atom. The zero-order valence-corrected chi connectivity index (χ0v) is 25.4. The second kappa shape index (κ2) is 13.3. The first-order chi connectivity index (χ1) is 19.8. The van der Waals surface area contributed by atoms with Crippen LogP contribution in [0.5, 0.6) is 0 Å². The van der Waals surface area contributed by atoms with Gasteiger partial charge in [-0.15, -0.1) is 0 Å². The predicted molar refractivity (Wildman–Crippen MR) is 166 cm³/mol. The Kier molecular flexibility index (Phi) is 9.57. The summed E-state index contributed by atoms with van der Waals surface area (Å²) in [4.78, 5) is 12.2. The number of rotatable bonds is 11. The van der Waals surface area contributed by atoms with E-state index in [-0.39, 0.29) is 6.04 Å². The number of benzene rings is 2. The Labute approximate surface area is 245 Å². The van der Waals surface area contributed by atoms with Crippen molar-refractivity contribution in [3.05, 3.63) is 77.0 Å². The Morgan fingerprint density at radius 3 is 2.29 bits per heavy atom. The molecule has 0 unspecified atom stereocenters. The second-order valence-electron chi connectivity index (χ2n) is 11.8. The molecule has 0 aliphatic heterocycles. The number of hydrogen-bond acceptors (Lipinski definition) is 7. The third-order valence-corrected chi connectivity index (χ3v) is 9.81. The van der Waals surface area contributed by atoms with Gasteiger partial charge >= 0.3 is 0 Å². The molecule has 0 saturated heterocycles. The highest BCUT2D eigenvalue weighted by atomic mass is 32.2. The van der Waals surface area contributed by atoms with Crippen LogP contribution in [0.1, 0.15) is 60.9 Å². The maximum absolute atomic E-state index is 13.2. The second-order valence-corrected chi connectivity index (χ2v) is 13.5. The molecule has 5 rings (SSSR count). The number of anilines is 2. The average Bonchev–Trinajstić information content (AvgIpc) is 2.97. The van der Waals surface area contributed by atoms with Gasteiger partial charge < -0.3 is 15.5 Å². The van der Waals surface area contributed by atoms with Gasteiger partial charge in [0, 0.05) is 44.3 Å². The number of fused-ring (bicyclic) bond motifs is 1. The third kappa shape index (κ3) is 7.84. The Balaban J connectivity index is 1.18. The van der Waals surface area contributed by atoms with Crippen molar-refractivity contribution in [1.82, 2.24) is 20.0 Å². The first kappa shape index (κ1) is 29.5. The molecule has 9 heteroatoms. The molecule has 1 saturated carbocycles. The molecule has 0 spiro atoms. The van der Waals surface area contributed by atoms with Crippen LogP contribution in [0.25, 0.3) is 0 Å².